The van der Waals surface area contributed by atoms with E-state index in [1.54, 1.807) is 14.2 Å². The van der Waals surface area contributed by atoms with Crippen LogP contribution in [0.1, 0.15) is 0 Å². The average Bonchev–Trinajstić information content (AvgIpc) is 2.46. The van der Waals surface area contributed by atoms with E-state index in [-0.39, 0.29) is 0 Å². The van der Waals surface area contributed by atoms with Crippen LogP contribution in [0.4, 0.5) is 5.69 Å². The van der Waals surface area contributed by atoms with Crippen LogP contribution in [0.15, 0.2) is 30.3 Å². The van der Waals surface area contributed by atoms with Crippen LogP contribution >= 0.6 is 18.9 Å². The van der Waals surface area contributed by atoms with Crippen molar-refractivity contribution in [1.82, 2.24) is 4.57 Å². The van der Waals surface area contributed by atoms with Crippen LogP contribution < -0.4 is 4.67 Å². The summed E-state index contributed by atoms with van der Waals surface area (Å²) in [5, 5.41) is 0.646. The molecule has 0 unspecified atom stereocenters. The third-order valence-corrected chi connectivity index (χ3v) is 9.38. The fourth-order valence-corrected chi connectivity index (χ4v) is 5.51. The summed E-state index contributed by atoms with van der Waals surface area (Å²) in [6.07, 6.45) is 0. The number of rotatable bonds is 5. The van der Waals surface area contributed by atoms with Crippen molar-refractivity contribution in [1.29, 1.82) is 0 Å². The molecule has 0 amide bonds. The van der Waals surface area contributed by atoms with Crippen molar-refractivity contribution in [2.24, 2.45) is 0 Å². The van der Waals surface area contributed by atoms with Crippen LogP contribution in [0, 0.1) is 0 Å². The highest BCUT2D eigenvalue weighted by Gasteiger charge is 2.35. The summed E-state index contributed by atoms with van der Waals surface area (Å²) >= 11 is 11.3. The van der Waals surface area contributed by atoms with Gasteiger partial charge in [-0.2, -0.15) is 0 Å². The van der Waals surface area contributed by atoms with Crippen molar-refractivity contribution in [3.63, 3.8) is 0 Å². The highest BCUT2D eigenvalue weighted by atomic mass is 32.5. The van der Waals surface area contributed by atoms with Gasteiger partial charge in [0.25, 0.3) is 6.64 Å². The van der Waals surface area contributed by atoms with Crippen LogP contribution in [0.25, 0.3) is 0 Å². The maximum atomic E-state index is 5.70. The first-order valence-electron chi connectivity index (χ1n) is 6.52. The lowest BCUT2D eigenvalue weighted by Gasteiger charge is -2.41. The van der Waals surface area contributed by atoms with E-state index in [2.05, 4.69) is 24.2 Å². The van der Waals surface area contributed by atoms with E-state index in [1.165, 1.54) is 0 Å². The summed E-state index contributed by atoms with van der Waals surface area (Å²) in [5.41, 5.74) is 0.889. The molecule has 0 aliphatic rings. The average molecular weight is 363 g/mol. The number of hydrogen-bond donors (Lipinski definition) is 0. The van der Waals surface area contributed by atoms with Crippen LogP contribution in [-0.2, 0) is 20.9 Å². The van der Waals surface area contributed by atoms with Gasteiger partial charge in [0.05, 0.1) is 5.69 Å². The van der Waals surface area contributed by atoms with E-state index in [4.69, 9.17) is 33.1 Å². The third kappa shape index (κ3) is 4.34. The van der Waals surface area contributed by atoms with Gasteiger partial charge in [0.1, 0.15) is 8.24 Å². The lowest BCUT2D eigenvalue weighted by atomic mass is 10.3. The van der Waals surface area contributed by atoms with Crippen molar-refractivity contribution in [2.45, 2.75) is 19.6 Å². The summed E-state index contributed by atoms with van der Waals surface area (Å²) in [6, 6.07) is 9.78. The monoisotopic (exact) mass is 362 g/mol. The van der Waals surface area contributed by atoms with E-state index in [1.807, 2.05) is 42.0 Å². The summed E-state index contributed by atoms with van der Waals surface area (Å²) in [4.78, 5) is 0. The molecule has 1 aromatic carbocycles. The van der Waals surface area contributed by atoms with Crippen molar-refractivity contribution < 1.29 is 9.05 Å². The molecule has 0 saturated heterocycles. The summed E-state index contributed by atoms with van der Waals surface area (Å²) in [6.45, 7) is 4.00. The zero-order valence-electron chi connectivity index (χ0n) is 13.4. The summed E-state index contributed by atoms with van der Waals surface area (Å²) in [7, 11) is 3.53. The van der Waals surface area contributed by atoms with E-state index in [0.29, 0.717) is 5.11 Å². The highest BCUT2D eigenvalue weighted by molar-refractivity contribution is 8.11. The minimum Gasteiger partial charge on any atom is -0.378 e. The molecule has 0 bridgehead atoms. The fourth-order valence-electron chi connectivity index (χ4n) is 1.59. The first kappa shape index (κ1) is 18.7. The Morgan fingerprint density at radius 3 is 1.95 bits per heavy atom. The van der Waals surface area contributed by atoms with Gasteiger partial charge >= 0.3 is 0 Å². The highest BCUT2D eigenvalue weighted by Crippen LogP contribution is 2.53. The van der Waals surface area contributed by atoms with Gasteiger partial charge in [0, 0.05) is 14.2 Å². The van der Waals surface area contributed by atoms with Gasteiger partial charge < -0.3 is 13.6 Å². The molecule has 8 heteroatoms. The Morgan fingerprint density at radius 2 is 1.57 bits per heavy atom. The predicted molar refractivity (Wildman–Crippen MR) is 101 cm³/mol. The Labute approximate surface area is 139 Å². The van der Waals surface area contributed by atoms with Gasteiger partial charge in [-0.15, -0.1) is 0 Å². The number of benzene rings is 1. The number of anilines is 1. The minimum absolute atomic E-state index is 0.646. The number of thiocarbonyl (C=S) groups is 1. The molecule has 0 atom stereocenters. The zero-order chi connectivity index (χ0) is 16.3. The van der Waals surface area contributed by atoms with Gasteiger partial charge in [-0.25, -0.2) is 4.67 Å². The van der Waals surface area contributed by atoms with E-state index >= 15 is 0 Å². The van der Waals surface area contributed by atoms with Crippen LogP contribution in [0.2, 0.25) is 19.6 Å². The zero-order valence-corrected chi connectivity index (χ0v) is 16.9. The van der Waals surface area contributed by atoms with Gasteiger partial charge in [0.15, 0.2) is 5.11 Å². The van der Waals surface area contributed by atoms with Crippen molar-refractivity contribution in [2.75, 3.05) is 25.9 Å². The Hall–Kier alpha value is -0.303. The van der Waals surface area contributed by atoms with Crippen molar-refractivity contribution in [3.8, 4) is 0 Å². The maximum Gasteiger partial charge on any atom is 0.295 e. The van der Waals surface area contributed by atoms with Crippen molar-refractivity contribution in [3.05, 3.63) is 30.3 Å². The summed E-state index contributed by atoms with van der Waals surface area (Å²) < 4.78 is 15.0. The standard InChI is InChI=1S/C13H23N2O2PS2Si/c1-14(21(4,5)6)13(19)15(18(20,16-2)17-3)12-10-8-7-9-11-12/h7-11H,1-6H3. The minimum atomic E-state index is -2.69. The number of para-hydroxylation sites is 1. The second kappa shape index (κ2) is 7.31. The van der Waals surface area contributed by atoms with Gasteiger partial charge in [-0.05, 0) is 43.2 Å². The molecule has 118 valence electrons. The first-order chi connectivity index (χ1) is 9.67. The first-order valence-corrected chi connectivity index (χ1v) is 13.0. The van der Waals surface area contributed by atoms with E-state index < -0.39 is 14.9 Å². The molecule has 0 fully saturated rings. The molecule has 0 saturated carbocycles. The van der Waals surface area contributed by atoms with E-state index in [0.717, 1.165) is 5.69 Å². The Kier molecular flexibility index (Phi) is 6.52. The molecule has 0 aliphatic heterocycles. The molecular weight excluding hydrogens is 339 g/mol. The largest absolute Gasteiger partial charge is 0.378 e. The Balaban J connectivity index is 3.34. The third-order valence-electron chi connectivity index (χ3n) is 3.18. The normalized spacial score (nSPS) is 12.1. The van der Waals surface area contributed by atoms with Crippen LogP contribution in [0.5, 0.6) is 0 Å². The molecule has 0 N–H and O–H groups in total. The van der Waals surface area contributed by atoms with Crippen molar-refractivity contribution >= 4 is 49.7 Å². The fraction of sp³-hybridized carbons (Fsp3) is 0.462. The lowest BCUT2D eigenvalue weighted by Crippen LogP contribution is -2.52. The van der Waals surface area contributed by atoms with Crippen LogP contribution in [-0.4, -0.2) is 39.2 Å². The molecule has 0 heterocycles. The molecule has 21 heavy (non-hydrogen) atoms. The number of hydrogen-bond acceptors (Lipinski definition) is 4. The van der Waals surface area contributed by atoms with Gasteiger partial charge in [-0.3, -0.25) is 0 Å². The quantitative estimate of drug-likeness (QED) is 0.445. The smallest absolute Gasteiger partial charge is 0.295 e. The second-order valence-electron chi connectivity index (χ2n) is 5.49. The molecule has 1 rings (SSSR count). The molecule has 0 aromatic heterocycles. The molecule has 4 nitrogen and oxygen atoms in total. The lowest BCUT2D eigenvalue weighted by molar-refractivity contribution is 0.337. The molecule has 0 radical (unpaired) electrons. The molecular formula is C13H23N2O2PS2Si. The van der Waals surface area contributed by atoms with Gasteiger partial charge in [-0.1, -0.05) is 37.8 Å². The topological polar surface area (TPSA) is 24.9 Å². The molecule has 0 aliphatic carbocycles. The Morgan fingerprint density at radius 1 is 1.10 bits per heavy atom. The van der Waals surface area contributed by atoms with E-state index in [9.17, 15) is 0 Å². The number of nitrogens with zero attached hydrogens (tertiary/aromatic N) is 2. The van der Waals surface area contributed by atoms with Gasteiger partial charge in [0.2, 0.25) is 0 Å². The Bertz CT molecular complexity index is 529. The predicted octanol–water partition coefficient (Wildman–Crippen LogP) is 4.06. The molecule has 1 aromatic rings. The van der Waals surface area contributed by atoms with Crippen LogP contribution in [0.3, 0.4) is 0 Å². The second-order valence-corrected chi connectivity index (χ2v) is 14.3. The SMILES string of the molecule is COP(=S)(OC)N(C(=S)N(C)[Si](C)(C)C)c1ccccc1. The maximum absolute atomic E-state index is 5.70. The molecule has 0 spiro atoms. The summed E-state index contributed by atoms with van der Waals surface area (Å²) in [5.74, 6) is 0.